The molecule has 14 heavy (non-hydrogen) atoms. The normalized spacial score (nSPS) is 11.2. The van der Waals surface area contributed by atoms with Crippen LogP contribution in [-0.4, -0.2) is 35.7 Å². The molecule has 3 nitrogen and oxygen atoms in total. The molecular formula is C10H18N2OS. The van der Waals surface area contributed by atoms with Gasteiger partial charge in [-0.2, -0.15) is 11.8 Å². The van der Waals surface area contributed by atoms with E-state index >= 15 is 0 Å². The van der Waals surface area contributed by atoms with Crippen LogP contribution >= 0.6 is 11.8 Å². The van der Waals surface area contributed by atoms with Gasteiger partial charge < -0.3 is 9.42 Å². The van der Waals surface area contributed by atoms with Gasteiger partial charge in [-0.1, -0.05) is 5.16 Å². The lowest BCUT2D eigenvalue weighted by Crippen LogP contribution is -2.21. The van der Waals surface area contributed by atoms with Crippen molar-refractivity contribution in [3.63, 3.8) is 0 Å². The minimum absolute atomic E-state index is 0.932. The summed E-state index contributed by atoms with van der Waals surface area (Å²) < 4.78 is 5.12. The molecule has 0 radical (unpaired) electrons. The second-order valence-corrected chi connectivity index (χ2v) is 4.52. The summed E-state index contributed by atoms with van der Waals surface area (Å²) in [6.07, 6.45) is 2.13. The molecule has 0 spiro atoms. The third-order valence-corrected chi connectivity index (χ3v) is 2.88. The second kappa shape index (κ2) is 5.41. The Morgan fingerprint density at radius 2 is 2.14 bits per heavy atom. The number of thioether (sulfide) groups is 1. The van der Waals surface area contributed by atoms with E-state index in [-0.39, 0.29) is 0 Å². The van der Waals surface area contributed by atoms with Gasteiger partial charge in [-0.15, -0.1) is 0 Å². The van der Waals surface area contributed by atoms with Crippen LogP contribution in [0, 0.1) is 13.8 Å². The van der Waals surface area contributed by atoms with Crippen molar-refractivity contribution in [3.05, 3.63) is 17.0 Å². The molecule has 80 valence electrons. The van der Waals surface area contributed by atoms with Crippen molar-refractivity contribution in [2.75, 3.05) is 25.6 Å². The maximum Gasteiger partial charge on any atom is 0.138 e. The Hall–Kier alpha value is -0.480. The predicted molar refractivity (Wildman–Crippen MR) is 60.7 cm³/mol. The summed E-state index contributed by atoms with van der Waals surface area (Å²) in [7, 11) is 2.13. The van der Waals surface area contributed by atoms with E-state index in [0.717, 1.165) is 24.5 Å². The molecule has 0 amide bonds. The van der Waals surface area contributed by atoms with E-state index in [2.05, 4.69) is 23.4 Å². The first-order chi connectivity index (χ1) is 6.65. The van der Waals surface area contributed by atoms with Gasteiger partial charge in [0.1, 0.15) is 5.76 Å². The lowest BCUT2D eigenvalue weighted by Gasteiger charge is -2.15. The number of aryl methyl sites for hydroxylation is 2. The monoisotopic (exact) mass is 214 g/mol. The average molecular weight is 214 g/mol. The molecule has 1 aromatic heterocycles. The zero-order valence-corrected chi connectivity index (χ0v) is 10.1. The topological polar surface area (TPSA) is 29.3 Å². The van der Waals surface area contributed by atoms with Crippen LogP contribution in [0.3, 0.4) is 0 Å². The molecular weight excluding hydrogens is 196 g/mol. The molecule has 0 N–H and O–H groups in total. The molecule has 0 aliphatic rings. The molecule has 0 aliphatic carbocycles. The van der Waals surface area contributed by atoms with Crippen molar-refractivity contribution >= 4 is 11.8 Å². The van der Waals surface area contributed by atoms with Gasteiger partial charge >= 0.3 is 0 Å². The van der Waals surface area contributed by atoms with Crippen molar-refractivity contribution in [3.8, 4) is 0 Å². The predicted octanol–water partition coefficient (Wildman–Crippen LogP) is 2.09. The Labute approximate surface area is 89.8 Å². The highest BCUT2D eigenvalue weighted by atomic mass is 32.2. The van der Waals surface area contributed by atoms with Crippen LogP contribution in [-0.2, 0) is 6.54 Å². The van der Waals surface area contributed by atoms with Gasteiger partial charge in [-0.25, -0.2) is 0 Å². The van der Waals surface area contributed by atoms with Crippen molar-refractivity contribution in [2.45, 2.75) is 20.4 Å². The Bertz CT molecular complexity index is 266. The van der Waals surface area contributed by atoms with Crippen LogP contribution in [0.2, 0.25) is 0 Å². The largest absolute Gasteiger partial charge is 0.361 e. The summed E-state index contributed by atoms with van der Waals surface area (Å²) in [4.78, 5) is 2.29. The number of aromatic nitrogens is 1. The van der Waals surface area contributed by atoms with E-state index < -0.39 is 0 Å². The molecule has 1 aromatic rings. The zero-order chi connectivity index (χ0) is 10.6. The number of hydrogen-bond donors (Lipinski definition) is 0. The highest BCUT2D eigenvalue weighted by Gasteiger charge is 2.10. The third kappa shape index (κ3) is 3.03. The quantitative estimate of drug-likeness (QED) is 0.750. The second-order valence-electron chi connectivity index (χ2n) is 3.53. The van der Waals surface area contributed by atoms with Gasteiger partial charge in [0.2, 0.25) is 0 Å². The van der Waals surface area contributed by atoms with Gasteiger partial charge in [0, 0.05) is 24.4 Å². The lowest BCUT2D eigenvalue weighted by molar-refractivity contribution is 0.342. The summed E-state index contributed by atoms with van der Waals surface area (Å²) in [5.74, 6) is 2.11. The number of nitrogens with zero attached hydrogens (tertiary/aromatic N) is 2. The minimum Gasteiger partial charge on any atom is -0.361 e. The Kier molecular flexibility index (Phi) is 4.48. The van der Waals surface area contributed by atoms with Crippen molar-refractivity contribution in [1.82, 2.24) is 10.1 Å². The molecule has 0 aliphatic heterocycles. The summed E-state index contributed by atoms with van der Waals surface area (Å²) in [5, 5.41) is 3.94. The number of rotatable bonds is 5. The molecule has 0 bridgehead atoms. The van der Waals surface area contributed by atoms with Crippen LogP contribution in [0.1, 0.15) is 17.0 Å². The lowest BCUT2D eigenvalue weighted by atomic mass is 10.2. The Morgan fingerprint density at radius 1 is 1.43 bits per heavy atom. The highest BCUT2D eigenvalue weighted by molar-refractivity contribution is 7.98. The molecule has 0 fully saturated rings. The van der Waals surface area contributed by atoms with Crippen LogP contribution < -0.4 is 0 Å². The molecule has 4 heteroatoms. The molecule has 1 heterocycles. The van der Waals surface area contributed by atoms with E-state index in [4.69, 9.17) is 4.52 Å². The fraction of sp³-hybridized carbons (Fsp3) is 0.700. The number of hydrogen-bond acceptors (Lipinski definition) is 4. The third-order valence-electron chi connectivity index (χ3n) is 2.29. The molecule has 0 saturated heterocycles. The molecule has 0 unspecified atom stereocenters. The van der Waals surface area contributed by atoms with Crippen LogP contribution in [0.5, 0.6) is 0 Å². The van der Waals surface area contributed by atoms with Gasteiger partial charge in [0.25, 0.3) is 0 Å². The van der Waals surface area contributed by atoms with Gasteiger partial charge in [0.05, 0.1) is 5.69 Å². The summed E-state index contributed by atoms with van der Waals surface area (Å²) in [5.41, 5.74) is 2.24. The fourth-order valence-electron chi connectivity index (χ4n) is 1.32. The summed E-state index contributed by atoms with van der Waals surface area (Å²) in [6.45, 7) is 6.00. The Balaban J connectivity index is 2.51. The minimum atomic E-state index is 0.932. The highest BCUT2D eigenvalue weighted by Crippen LogP contribution is 2.14. The van der Waals surface area contributed by atoms with Crippen LogP contribution in [0.15, 0.2) is 4.52 Å². The molecule has 0 aromatic carbocycles. The molecule has 0 atom stereocenters. The maximum absolute atomic E-state index is 5.12. The van der Waals surface area contributed by atoms with Crippen molar-refractivity contribution in [2.24, 2.45) is 0 Å². The van der Waals surface area contributed by atoms with Gasteiger partial charge in [-0.05, 0) is 27.2 Å². The summed E-state index contributed by atoms with van der Waals surface area (Å²) >= 11 is 1.87. The molecule has 0 saturated carbocycles. The fourth-order valence-corrected chi connectivity index (χ4v) is 1.82. The van der Waals surface area contributed by atoms with Crippen LogP contribution in [0.4, 0.5) is 0 Å². The SMILES string of the molecule is CSCCN(C)Cc1c(C)noc1C. The molecule has 1 rings (SSSR count). The van der Waals surface area contributed by atoms with Crippen molar-refractivity contribution in [1.29, 1.82) is 0 Å². The first kappa shape index (κ1) is 11.6. The van der Waals surface area contributed by atoms with E-state index in [1.807, 2.05) is 25.6 Å². The maximum atomic E-state index is 5.12. The Morgan fingerprint density at radius 3 is 2.64 bits per heavy atom. The van der Waals surface area contributed by atoms with E-state index in [1.165, 1.54) is 11.3 Å². The van der Waals surface area contributed by atoms with Crippen LogP contribution in [0.25, 0.3) is 0 Å². The smallest absolute Gasteiger partial charge is 0.138 e. The average Bonchev–Trinajstić information content (AvgIpc) is 2.46. The first-order valence-corrected chi connectivity index (χ1v) is 6.13. The van der Waals surface area contributed by atoms with Crippen molar-refractivity contribution < 1.29 is 4.52 Å². The van der Waals surface area contributed by atoms with E-state index in [0.29, 0.717) is 0 Å². The standard InChI is InChI=1S/C10H18N2OS/c1-8-10(9(2)13-11-8)7-12(3)5-6-14-4/h5-7H2,1-4H3. The van der Waals surface area contributed by atoms with E-state index in [1.54, 1.807) is 0 Å². The van der Waals surface area contributed by atoms with Gasteiger partial charge in [-0.3, -0.25) is 0 Å². The summed E-state index contributed by atoms with van der Waals surface area (Å²) in [6, 6.07) is 0. The van der Waals surface area contributed by atoms with E-state index in [9.17, 15) is 0 Å². The van der Waals surface area contributed by atoms with Gasteiger partial charge in [0.15, 0.2) is 0 Å². The zero-order valence-electron chi connectivity index (χ0n) is 9.33. The first-order valence-electron chi connectivity index (χ1n) is 4.74.